The molecule has 1 saturated heterocycles. The molecular weight excluding hydrogens is 444 g/mol. The molecule has 178 valence electrons. The van der Waals surface area contributed by atoms with Crippen molar-refractivity contribution in [1.29, 1.82) is 0 Å². The molecule has 1 aromatic heterocycles. The fraction of sp³-hybridized carbons (Fsp3) is 0.520. The number of likely N-dealkylation sites (tertiary alicyclic amines) is 1. The van der Waals surface area contributed by atoms with Crippen molar-refractivity contribution in [3.63, 3.8) is 0 Å². The number of halogens is 1. The summed E-state index contributed by atoms with van der Waals surface area (Å²) in [4.78, 5) is 28.8. The monoisotopic (exact) mass is 480 g/mol. The first-order valence-corrected chi connectivity index (χ1v) is 11.8. The first-order chi connectivity index (χ1) is 14.2. The Morgan fingerprint density at radius 2 is 1.88 bits per heavy atom. The van der Waals surface area contributed by atoms with Crippen LogP contribution in [0.5, 0.6) is 0 Å². The number of nitrogens with one attached hydrogen (secondary N) is 1. The summed E-state index contributed by atoms with van der Waals surface area (Å²) in [5, 5.41) is 5.69. The Labute approximate surface area is 201 Å². The fourth-order valence-corrected chi connectivity index (χ4v) is 5.19. The largest absolute Gasteiger partial charge is 0.412 e. The van der Waals surface area contributed by atoms with Gasteiger partial charge in [0.15, 0.2) is 0 Å². The second-order valence-corrected chi connectivity index (χ2v) is 10.7. The predicted octanol–water partition coefficient (Wildman–Crippen LogP) is 4.94. The van der Waals surface area contributed by atoms with Crippen LogP contribution < -0.4 is 5.32 Å². The fourth-order valence-electron chi connectivity index (χ4n) is 4.36. The summed E-state index contributed by atoms with van der Waals surface area (Å²) in [5.74, 6) is 0.318. The highest BCUT2D eigenvalue weighted by molar-refractivity contribution is 7.10. The molecule has 1 aromatic carbocycles. The number of rotatable bonds is 6. The molecule has 2 amide bonds. The summed E-state index contributed by atoms with van der Waals surface area (Å²) >= 11 is 7.61. The lowest BCUT2D eigenvalue weighted by Gasteiger charge is -2.45. The van der Waals surface area contributed by atoms with Gasteiger partial charge in [-0.2, -0.15) is 0 Å². The Balaban J connectivity index is 0.00000256. The molecule has 2 atom stereocenters. The van der Waals surface area contributed by atoms with Gasteiger partial charge in [-0.25, -0.2) is 0 Å². The number of carbonyl (C=O) groups excluding carboxylic acids is 2. The van der Waals surface area contributed by atoms with Gasteiger partial charge in [-0.3, -0.25) is 9.59 Å². The van der Waals surface area contributed by atoms with Crippen molar-refractivity contribution in [3.05, 3.63) is 57.2 Å². The van der Waals surface area contributed by atoms with Crippen LogP contribution in [0.15, 0.2) is 41.8 Å². The SMILES string of the molecule is C.CC(C)[C@@H](NC(=O)Cc1cccs1)C(=O)N1CC[C@H](c2ccc(Cl)cc2)C(C)(C)C1.O. The van der Waals surface area contributed by atoms with Crippen LogP contribution in [0.4, 0.5) is 0 Å². The van der Waals surface area contributed by atoms with Gasteiger partial charge in [-0.15, -0.1) is 11.3 Å². The summed E-state index contributed by atoms with van der Waals surface area (Å²) in [6, 6.07) is 11.4. The third-order valence-corrected chi connectivity index (χ3v) is 7.11. The van der Waals surface area contributed by atoms with Gasteiger partial charge in [0.1, 0.15) is 6.04 Å². The number of hydrogen-bond acceptors (Lipinski definition) is 3. The zero-order valence-electron chi connectivity index (χ0n) is 18.7. The van der Waals surface area contributed by atoms with Gasteiger partial charge >= 0.3 is 0 Å². The van der Waals surface area contributed by atoms with Crippen LogP contribution in [-0.2, 0) is 16.0 Å². The zero-order valence-corrected chi connectivity index (χ0v) is 20.2. The van der Waals surface area contributed by atoms with E-state index in [2.05, 4.69) is 31.3 Å². The molecule has 1 aliphatic rings. The second kappa shape index (κ2) is 11.8. The van der Waals surface area contributed by atoms with Crippen LogP contribution in [0.2, 0.25) is 5.02 Å². The van der Waals surface area contributed by atoms with E-state index in [0.717, 1.165) is 16.3 Å². The van der Waals surface area contributed by atoms with Crippen LogP contribution in [0.1, 0.15) is 57.9 Å². The predicted molar refractivity (Wildman–Crippen MR) is 134 cm³/mol. The van der Waals surface area contributed by atoms with Crippen molar-refractivity contribution in [2.24, 2.45) is 11.3 Å². The van der Waals surface area contributed by atoms with Crippen LogP contribution >= 0.6 is 22.9 Å². The summed E-state index contributed by atoms with van der Waals surface area (Å²) in [6.07, 6.45) is 1.21. The Morgan fingerprint density at radius 3 is 2.41 bits per heavy atom. The van der Waals surface area contributed by atoms with E-state index in [-0.39, 0.29) is 36.1 Å². The molecule has 1 aliphatic heterocycles. The van der Waals surface area contributed by atoms with Crippen LogP contribution in [0, 0.1) is 11.3 Å². The maximum Gasteiger partial charge on any atom is 0.245 e. The Morgan fingerprint density at radius 1 is 1.22 bits per heavy atom. The number of benzene rings is 1. The van der Waals surface area contributed by atoms with E-state index in [9.17, 15) is 9.59 Å². The number of carbonyl (C=O) groups is 2. The molecule has 0 bridgehead atoms. The molecule has 3 rings (SSSR count). The lowest BCUT2D eigenvalue weighted by molar-refractivity contribution is -0.140. The molecule has 0 saturated carbocycles. The topological polar surface area (TPSA) is 80.9 Å². The molecule has 0 unspecified atom stereocenters. The molecule has 2 heterocycles. The summed E-state index contributed by atoms with van der Waals surface area (Å²) < 4.78 is 0. The molecule has 0 aliphatic carbocycles. The average Bonchev–Trinajstić information content (AvgIpc) is 3.18. The summed E-state index contributed by atoms with van der Waals surface area (Å²) in [5.41, 5.74) is 1.20. The molecule has 1 fully saturated rings. The first kappa shape index (κ1) is 28.1. The van der Waals surface area contributed by atoms with E-state index in [4.69, 9.17) is 11.6 Å². The highest BCUT2D eigenvalue weighted by atomic mass is 35.5. The number of amides is 2. The maximum atomic E-state index is 13.3. The van der Waals surface area contributed by atoms with Crippen molar-refractivity contribution < 1.29 is 15.1 Å². The van der Waals surface area contributed by atoms with Crippen molar-refractivity contribution in [2.75, 3.05) is 13.1 Å². The van der Waals surface area contributed by atoms with Crippen molar-refractivity contribution in [2.45, 2.75) is 59.9 Å². The number of thiophene rings is 1. The van der Waals surface area contributed by atoms with Gasteiger partial charge in [0, 0.05) is 23.0 Å². The minimum Gasteiger partial charge on any atom is -0.412 e. The number of nitrogens with zero attached hydrogens (tertiary/aromatic N) is 1. The standard InChI is InChI=1S/C24H31ClN2O2S.CH4.H2O/c1-16(2)22(26-21(28)14-19-6-5-13-30-19)23(29)27-12-11-20(24(3,4)15-27)17-7-9-18(25)10-8-17;;/h5-10,13,16,20,22H,11-12,14-15H2,1-4H3,(H,26,28);1H4;1H2/t20-,22-;;/m1../s1. The lowest BCUT2D eigenvalue weighted by Crippen LogP contribution is -2.56. The Bertz CT molecular complexity index is 866. The van der Waals surface area contributed by atoms with E-state index < -0.39 is 6.04 Å². The normalized spacial score (nSPS) is 18.3. The summed E-state index contributed by atoms with van der Waals surface area (Å²) in [7, 11) is 0. The Hall–Kier alpha value is -1.89. The smallest absolute Gasteiger partial charge is 0.245 e. The average molecular weight is 481 g/mol. The van der Waals surface area contributed by atoms with Gasteiger partial charge in [-0.05, 0) is 52.8 Å². The van der Waals surface area contributed by atoms with E-state index in [1.165, 1.54) is 5.56 Å². The first-order valence-electron chi connectivity index (χ1n) is 10.5. The Kier molecular flexibility index (Phi) is 10.4. The summed E-state index contributed by atoms with van der Waals surface area (Å²) in [6.45, 7) is 9.76. The van der Waals surface area contributed by atoms with Gasteiger partial charge in [0.05, 0.1) is 6.42 Å². The minimum absolute atomic E-state index is 0. The lowest BCUT2D eigenvalue weighted by atomic mass is 9.70. The van der Waals surface area contributed by atoms with E-state index in [1.807, 2.05) is 48.4 Å². The molecule has 3 N–H and O–H groups in total. The molecule has 0 spiro atoms. The highest BCUT2D eigenvalue weighted by Crippen LogP contribution is 2.42. The van der Waals surface area contributed by atoms with E-state index in [1.54, 1.807) is 11.3 Å². The van der Waals surface area contributed by atoms with Crippen molar-refractivity contribution in [3.8, 4) is 0 Å². The molecular formula is C25H37ClN2O3S. The van der Waals surface area contributed by atoms with Crippen LogP contribution in [0.25, 0.3) is 0 Å². The third-order valence-electron chi connectivity index (χ3n) is 5.98. The minimum atomic E-state index is -0.500. The number of hydrogen-bond donors (Lipinski definition) is 1. The second-order valence-electron chi connectivity index (χ2n) is 9.19. The number of piperidine rings is 1. The van der Waals surface area contributed by atoms with E-state index >= 15 is 0 Å². The zero-order chi connectivity index (χ0) is 21.9. The third kappa shape index (κ3) is 6.80. The van der Waals surface area contributed by atoms with E-state index in [0.29, 0.717) is 25.4 Å². The van der Waals surface area contributed by atoms with Gasteiger partial charge < -0.3 is 15.7 Å². The van der Waals surface area contributed by atoms with Crippen molar-refractivity contribution >= 4 is 34.8 Å². The van der Waals surface area contributed by atoms with Gasteiger partial charge in [0.2, 0.25) is 11.8 Å². The quantitative estimate of drug-likeness (QED) is 0.635. The highest BCUT2D eigenvalue weighted by Gasteiger charge is 2.40. The van der Waals surface area contributed by atoms with Crippen LogP contribution in [0.3, 0.4) is 0 Å². The molecule has 32 heavy (non-hydrogen) atoms. The van der Waals surface area contributed by atoms with Gasteiger partial charge in [-0.1, -0.05) is 64.9 Å². The maximum absolute atomic E-state index is 13.3. The van der Waals surface area contributed by atoms with Crippen molar-refractivity contribution in [1.82, 2.24) is 10.2 Å². The van der Waals surface area contributed by atoms with Crippen LogP contribution in [-0.4, -0.2) is 41.3 Å². The molecule has 5 nitrogen and oxygen atoms in total. The van der Waals surface area contributed by atoms with Gasteiger partial charge in [0.25, 0.3) is 0 Å². The molecule has 2 aromatic rings. The molecule has 7 heteroatoms. The molecule has 0 radical (unpaired) electrons.